The fourth-order valence-electron chi connectivity index (χ4n) is 8.31. The van der Waals surface area contributed by atoms with Gasteiger partial charge < -0.3 is 34.0 Å². The number of fused-ring (bicyclic) bond motifs is 2. The first-order valence-corrected chi connectivity index (χ1v) is 20.0. The number of oxazole rings is 1. The number of rotatable bonds is 11. The Hall–Kier alpha value is -5.68. The summed E-state index contributed by atoms with van der Waals surface area (Å²) in [6.45, 7) is 8.39. The van der Waals surface area contributed by atoms with Crippen LogP contribution in [0.25, 0.3) is 11.1 Å². The standard InChI is InChI=1S/C46H50N4O7/c1-27-28(2)47-18-17-39(27)33-11-9-31(10-12-33)19-37(24-51)49-45(52)40-20-35-21-41-42(22-36(35)23-50(40)46(53)44-29(3)56-30(4)48-44)57-43(26-55-41)34-13-15-38(16-14-34)54-25-32-7-5-6-8-32/h9-18,21-22,32,37,40,43,51H,5-8,19-20,23-26H2,1-4H3,(H,49,52)/t37-,40-,43+/m0/s1. The first-order chi connectivity index (χ1) is 27.6. The fraction of sp³-hybridized carbons (Fsp3) is 0.391. The number of benzene rings is 3. The van der Waals surface area contributed by atoms with Gasteiger partial charge in [0.05, 0.1) is 19.3 Å². The molecule has 3 aliphatic rings. The number of hydrogen-bond acceptors (Lipinski definition) is 9. The Labute approximate surface area is 333 Å². The smallest absolute Gasteiger partial charge is 0.277 e. The molecule has 0 unspecified atom stereocenters. The quantitative estimate of drug-likeness (QED) is 0.141. The number of aromatic nitrogens is 2. The van der Waals surface area contributed by atoms with Crippen LogP contribution in [0.15, 0.2) is 77.3 Å². The number of carbonyl (C=O) groups is 2. The lowest BCUT2D eigenvalue weighted by molar-refractivity contribution is -0.127. The Bertz CT molecular complexity index is 2240. The van der Waals surface area contributed by atoms with Crippen LogP contribution in [0.1, 0.15) is 87.4 Å². The number of ether oxygens (including phenoxy) is 3. The van der Waals surface area contributed by atoms with E-state index in [9.17, 15) is 14.7 Å². The van der Waals surface area contributed by atoms with Crippen LogP contribution < -0.4 is 19.5 Å². The second-order valence-corrected chi connectivity index (χ2v) is 15.7. The number of aliphatic hydroxyl groups excluding tert-OH is 1. The first-order valence-electron chi connectivity index (χ1n) is 20.0. The van der Waals surface area contributed by atoms with Gasteiger partial charge in [-0.25, -0.2) is 4.98 Å². The molecule has 2 amide bonds. The van der Waals surface area contributed by atoms with Crippen LogP contribution in [0.3, 0.4) is 0 Å². The van der Waals surface area contributed by atoms with Gasteiger partial charge in [-0.3, -0.25) is 14.6 Å². The van der Waals surface area contributed by atoms with Crippen LogP contribution in [0.2, 0.25) is 0 Å². The zero-order valence-electron chi connectivity index (χ0n) is 33.0. The van der Waals surface area contributed by atoms with Gasteiger partial charge in [0.15, 0.2) is 29.2 Å². The fourth-order valence-corrected chi connectivity index (χ4v) is 8.31. The lowest BCUT2D eigenvalue weighted by Gasteiger charge is -2.37. The van der Waals surface area contributed by atoms with E-state index in [0.717, 1.165) is 57.0 Å². The monoisotopic (exact) mass is 770 g/mol. The van der Waals surface area contributed by atoms with Gasteiger partial charge in [0, 0.05) is 31.8 Å². The van der Waals surface area contributed by atoms with Crippen molar-refractivity contribution < 1.29 is 33.3 Å². The van der Waals surface area contributed by atoms with Gasteiger partial charge in [-0.1, -0.05) is 49.2 Å². The third kappa shape index (κ3) is 8.25. The third-order valence-electron chi connectivity index (χ3n) is 11.7. The molecule has 296 valence electrons. The van der Waals surface area contributed by atoms with Gasteiger partial charge in [-0.05, 0) is 115 Å². The van der Waals surface area contributed by atoms with Crippen molar-refractivity contribution in [3.05, 3.63) is 124 Å². The molecule has 0 bridgehead atoms. The highest BCUT2D eigenvalue weighted by molar-refractivity contribution is 5.97. The summed E-state index contributed by atoms with van der Waals surface area (Å²) < 4.78 is 24.5. The maximum absolute atomic E-state index is 14.2. The molecule has 57 heavy (non-hydrogen) atoms. The topological polar surface area (TPSA) is 136 Å². The van der Waals surface area contributed by atoms with Crippen LogP contribution >= 0.6 is 0 Å². The minimum atomic E-state index is -0.875. The molecule has 3 atom stereocenters. The van der Waals surface area contributed by atoms with Crippen molar-refractivity contribution in [1.29, 1.82) is 0 Å². The van der Waals surface area contributed by atoms with E-state index in [4.69, 9.17) is 18.6 Å². The lowest BCUT2D eigenvalue weighted by atomic mass is 9.91. The van der Waals surface area contributed by atoms with E-state index in [1.807, 2.05) is 79.9 Å². The van der Waals surface area contributed by atoms with Crippen molar-refractivity contribution >= 4 is 11.8 Å². The average Bonchev–Trinajstić information content (AvgIpc) is 3.88. The Morgan fingerprint density at radius 2 is 1.72 bits per heavy atom. The number of hydrogen-bond donors (Lipinski definition) is 2. The molecule has 0 saturated heterocycles. The third-order valence-corrected chi connectivity index (χ3v) is 11.7. The minimum absolute atomic E-state index is 0.144. The van der Waals surface area contributed by atoms with Gasteiger partial charge in [0.2, 0.25) is 5.91 Å². The van der Waals surface area contributed by atoms with Gasteiger partial charge in [-0.2, -0.15) is 0 Å². The minimum Gasteiger partial charge on any atom is -0.493 e. The van der Waals surface area contributed by atoms with Crippen molar-refractivity contribution in [2.24, 2.45) is 5.92 Å². The van der Waals surface area contributed by atoms with Gasteiger partial charge in [0.25, 0.3) is 5.91 Å². The molecule has 11 nitrogen and oxygen atoms in total. The summed E-state index contributed by atoms with van der Waals surface area (Å²) in [6.07, 6.45) is 7.19. The maximum atomic E-state index is 14.2. The second kappa shape index (κ2) is 16.4. The van der Waals surface area contributed by atoms with Crippen LogP contribution in [0, 0.1) is 33.6 Å². The molecular weight excluding hydrogens is 721 g/mol. The van der Waals surface area contributed by atoms with Crippen LogP contribution in [-0.2, 0) is 24.2 Å². The number of pyridine rings is 1. The summed E-state index contributed by atoms with van der Waals surface area (Å²) in [5.74, 6) is 2.65. The normalized spacial score (nSPS) is 18.2. The van der Waals surface area contributed by atoms with E-state index in [-0.39, 0.29) is 37.3 Å². The summed E-state index contributed by atoms with van der Waals surface area (Å²) in [5.41, 5.74) is 8.13. The predicted molar refractivity (Wildman–Crippen MR) is 214 cm³/mol. The molecule has 0 radical (unpaired) electrons. The molecule has 11 heteroatoms. The van der Waals surface area contributed by atoms with E-state index in [1.165, 1.54) is 25.7 Å². The molecule has 8 rings (SSSR count). The second-order valence-electron chi connectivity index (χ2n) is 15.7. The van der Waals surface area contributed by atoms with Crippen LogP contribution in [0.5, 0.6) is 17.2 Å². The van der Waals surface area contributed by atoms with E-state index < -0.39 is 18.0 Å². The van der Waals surface area contributed by atoms with E-state index in [0.29, 0.717) is 42.1 Å². The van der Waals surface area contributed by atoms with Crippen molar-refractivity contribution in [1.82, 2.24) is 20.2 Å². The molecule has 2 N–H and O–H groups in total. The zero-order valence-corrected chi connectivity index (χ0v) is 33.0. The van der Waals surface area contributed by atoms with Gasteiger partial charge >= 0.3 is 0 Å². The van der Waals surface area contributed by atoms with Crippen molar-refractivity contribution in [2.75, 3.05) is 19.8 Å². The summed E-state index contributed by atoms with van der Waals surface area (Å²) in [4.78, 5) is 38.7. The molecular formula is C46H50N4O7. The molecule has 1 fully saturated rings. The number of carbonyl (C=O) groups excluding carboxylic acids is 2. The van der Waals surface area contributed by atoms with Crippen molar-refractivity contribution in [3.63, 3.8) is 0 Å². The maximum Gasteiger partial charge on any atom is 0.277 e. The Morgan fingerprint density at radius 1 is 0.965 bits per heavy atom. The van der Waals surface area contributed by atoms with E-state index in [2.05, 4.69) is 22.2 Å². The molecule has 1 aliphatic carbocycles. The van der Waals surface area contributed by atoms with E-state index >= 15 is 0 Å². The number of aryl methyl sites for hydroxylation is 3. The Kier molecular flexibility index (Phi) is 11.0. The molecule has 2 aromatic heterocycles. The number of nitrogens with zero attached hydrogens (tertiary/aromatic N) is 3. The highest BCUT2D eigenvalue weighted by Gasteiger charge is 2.39. The Morgan fingerprint density at radius 3 is 2.44 bits per heavy atom. The largest absolute Gasteiger partial charge is 0.493 e. The van der Waals surface area contributed by atoms with Crippen molar-refractivity contribution in [2.45, 2.75) is 91.0 Å². The molecule has 0 spiro atoms. The Balaban J connectivity index is 0.987. The molecule has 2 aliphatic heterocycles. The average molecular weight is 771 g/mol. The zero-order chi connectivity index (χ0) is 39.6. The van der Waals surface area contributed by atoms with Gasteiger partial charge in [0.1, 0.15) is 24.2 Å². The SMILES string of the molecule is Cc1nc(C(=O)N2Cc3cc4c(cc3C[C@H]2C(=O)N[C@H](CO)Cc2ccc(-c3ccnc(C)c3C)cc2)OC[C@H](c2ccc(OCC3CCCC3)cc2)O4)c(C)o1. The molecule has 3 aromatic carbocycles. The van der Waals surface area contributed by atoms with E-state index in [1.54, 1.807) is 18.7 Å². The first kappa shape index (κ1) is 38.2. The summed E-state index contributed by atoms with van der Waals surface area (Å²) in [6, 6.07) is 20.5. The van der Waals surface area contributed by atoms with Crippen LogP contribution in [-0.4, -0.2) is 63.7 Å². The van der Waals surface area contributed by atoms with Crippen molar-refractivity contribution in [3.8, 4) is 28.4 Å². The van der Waals surface area contributed by atoms with Crippen LogP contribution in [0.4, 0.5) is 0 Å². The predicted octanol–water partition coefficient (Wildman–Crippen LogP) is 7.34. The number of nitrogens with one attached hydrogen (secondary N) is 1. The number of amides is 2. The summed E-state index contributed by atoms with van der Waals surface area (Å²) >= 11 is 0. The number of aliphatic hydroxyl groups is 1. The molecule has 4 heterocycles. The highest BCUT2D eigenvalue weighted by atomic mass is 16.6. The lowest BCUT2D eigenvalue weighted by Crippen LogP contribution is -2.55. The summed E-state index contributed by atoms with van der Waals surface area (Å²) in [7, 11) is 0. The summed E-state index contributed by atoms with van der Waals surface area (Å²) in [5, 5.41) is 13.5. The van der Waals surface area contributed by atoms with Gasteiger partial charge in [-0.15, -0.1) is 0 Å². The molecule has 5 aromatic rings. The highest BCUT2D eigenvalue weighted by Crippen LogP contribution is 2.41. The molecule has 1 saturated carbocycles.